The van der Waals surface area contributed by atoms with Gasteiger partial charge in [0.2, 0.25) is 5.75 Å². The third kappa shape index (κ3) is 5.37. The third-order valence-electron chi connectivity index (χ3n) is 4.83. The van der Waals surface area contributed by atoms with Gasteiger partial charge < -0.3 is 19.7 Å². The van der Waals surface area contributed by atoms with Crippen LogP contribution in [0.15, 0.2) is 24.3 Å². The molecule has 0 atom stereocenters. The van der Waals surface area contributed by atoms with Gasteiger partial charge in [0.15, 0.2) is 23.1 Å². The van der Waals surface area contributed by atoms with Crippen molar-refractivity contribution >= 4 is 29.2 Å². The van der Waals surface area contributed by atoms with Crippen LogP contribution in [0.25, 0.3) is 0 Å². The third-order valence-corrected chi connectivity index (χ3v) is 4.83. The maximum Gasteiger partial charge on any atom is 0.340 e. The van der Waals surface area contributed by atoms with Crippen molar-refractivity contribution in [1.29, 1.82) is 0 Å². The van der Waals surface area contributed by atoms with Crippen LogP contribution >= 0.6 is 0 Å². The Morgan fingerprint density at radius 2 is 1.41 bits per heavy atom. The number of non-ortho nitro benzene ring substituents is 1. The molecule has 0 fully saturated rings. The molecule has 0 amide bonds. The number of phenols is 2. The Hall–Kier alpha value is -4.28. The van der Waals surface area contributed by atoms with Crippen molar-refractivity contribution in [3.63, 3.8) is 0 Å². The average molecular weight is 473 g/mol. The number of hydrogen-bond acceptors (Lipinski definition) is 10. The highest BCUT2D eigenvalue weighted by Gasteiger charge is 2.35. The molecule has 0 saturated heterocycles. The highest BCUT2D eigenvalue weighted by molar-refractivity contribution is 6.17. The minimum atomic E-state index is -1.20. The van der Waals surface area contributed by atoms with Crippen molar-refractivity contribution in [2.45, 2.75) is 46.6 Å². The molecule has 0 aliphatic heterocycles. The van der Waals surface area contributed by atoms with E-state index in [1.54, 1.807) is 0 Å². The highest BCUT2D eigenvalue weighted by Crippen LogP contribution is 2.45. The summed E-state index contributed by atoms with van der Waals surface area (Å²) in [6.07, 6.45) is -0.526. The second-order valence-electron chi connectivity index (χ2n) is 7.03. The monoisotopic (exact) mass is 473 g/mol. The molecular weight excluding hydrogens is 450 g/mol. The molecule has 0 bridgehead atoms. The van der Waals surface area contributed by atoms with Crippen LogP contribution in [-0.2, 0) is 16.1 Å². The summed E-state index contributed by atoms with van der Waals surface area (Å²) in [4.78, 5) is 60.5. The van der Waals surface area contributed by atoms with Crippen LogP contribution in [0.4, 0.5) is 5.69 Å². The average Bonchev–Trinajstić information content (AvgIpc) is 2.84. The van der Waals surface area contributed by atoms with Crippen LogP contribution in [0.1, 0.15) is 76.7 Å². The number of aromatic hydroxyl groups is 2. The minimum Gasteiger partial charge on any atom is -0.504 e. The van der Waals surface area contributed by atoms with E-state index >= 15 is 0 Å². The van der Waals surface area contributed by atoms with Crippen LogP contribution in [0.2, 0.25) is 0 Å². The molecule has 11 heteroatoms. The standard InChI is InChI=1S/C23H23NO10/c1-4-14(25)17-19(23(30)33-11-12-7-9-13(10-8-12)24(31)32)18(15(26)5-2)22(21(29)20(17)28)34-16(27)6-3/h7-10,28-29H,4-6,11H2,1-3H3. The molecule has 0 heterocycles. The Morgan fingerprint density at radius 1 is 0.853 bits per heavy atom. The van der Waals surface area contributed by atoms with E-state index in [1.807, 2.05) is 0 Å². The number of benzene rings is 2. The number of nitrogens with zero attached hydrogens (tertiary/aromatic N) is 1. The smallest absolute Gasteiger partial charge is 0.340 e. The largest absolute Gasteiger partial charge is 0.504 e. The van der Waals surface area contributed by atoms with E-state index in [1.165, 1.54) is 45.0 Å². The summed E-state index contributed by atoms with van der Waals surface area (Å²) < 4.78 is 10.3. The van der Waals surface area contributed by atoms with E-state index in [-0.39, 0.29) is 31.6 Å². The second kappa shape index (κ2) is 11.0. The summed E-state index contributed by atoms with van der Waals surface area (Å²) in [6, 6.07) is 5.11. The van der Waals surface area contributed by atoms with Gasteiger partial charge in [-0.3, -0.25) is 24.5 Å². The normalized spacial score (nSPS) is 10.4. The first-order valence-electron chi connectivity index (χ1n) is 10.4. The molecule has 2 N–H and O–H groups in total. The van der Waals surface area contributed by atoms with Crippen LogP contribution in [0.5, 0.6) is 17.2 Å². The number of carbonyl (C=O) groups is 4. The fourth-order valence-electron chi connectivity index (χ4n) is 3.02. The quantitative estimate of drug-likeness (QED) is 0.129. The zero-order valence-electron chi connectivity index (χ0n) is 18.7. The predicted octanol–water partition coefficient (Wildman–Crippen LogP) is 3.86. The zero-order valence-corrected chi connectivity index (χ0v) is 18.7. The molecule has 180 valence electrons. The van der Waals surface area contributed by atoms with Crippen LogP contribution < -0.4 is 4.74 Å². The molecule has 0 unspecified atom stereocenters. The molecule has 11 nitrogen and oxygen atoms in total. The van der Waals surface area contributed by atoms with E-state index in [2.05, 4.69) is 0 Å². The lowest BCUT2D eigenvalue weighted by molar-refractivity contribution is -0.384. The molecule has 0 aromatic heterocycles. The number of hydrogen-bond donors (Lipinski definition) is 2. The first kappa shape index (κ1) is 26.0. The number of rotatable bonds is 10. The first-order valence-corrected chi connectivity index (χ1v) is 10.4. The van der Waals surface area contributed by atoms with Crippen molar-refractivity contribution in [2.75, 3.05) is 0 Å². The zero-order chi connectivity index (χ0) is 25.6. The maximum absolute atomic E-state index is 13.1. The summed E-state index contributed by atoms with van der Waals surface area (Å²) in [5.41, 5.74) is -1.65. The van der Waals surface area contributed by atoms with Gasteiger partial charge in [-0.05, 0) is 17.7 Å². The van der Waals surface area contributed by atoms with E-state index in [4.69, 9.17) is 9.47 Å². The SMILES string of the molecule is CCC(=O)Oc1c(O)c(O)c(C(=O)CC)c(C(=O)OCc2ccc([N+](=O)[O-])cc2)c1C(=O)CC. The Morgan fingerprint density at radius 3 is 1.91 bits per heavy atom. The molecule has 0 spiro atoms. The van der Waals surface area contributed by atoms with Gasteiger partial charge in [-0.25, -0.2) is 4.79 Å². The number of nitro benzene ring substituents is 1. The minimum absolute atomic E-state index is 0.143. The van der Waals surface area contributed by atoms with Gasteiger partial charge in [-0.15, -0.1) is 0 Å². The lowest BCUT2D eigenvalue weighted by atomic mass is 9.91. The van der Waals surface area contributed by atoms with Gasteiger partial charge in [-0.2, -0.15) is 0 Å². The Balaban J connectivity index is 2.64. The van der Waals surface area contributed by atoms with Crippen LogP contribution in [0.3, 0.4) is 0 Å². The summed E-state index contributed by atoms with van der Waals surface area (Å²) >= 11 is 0. The van der Waals surface area contributed by atoms with Gasteiger partial charge >= 0.3 is 11.9 Å². The second-order valence-corrected chi connectivity index (χ2v) is 7.03. The number of ketones is 2. The molecule has 0 aliphatic carbocycles. The Bertz CT molecular complexity index is 1150. The van der Waals surface area contributed by atoms with Crippen LogP contribution in [0, 0.1) is 10.1 Å². The number of esters is 2. The lowest BCUT2D eigenvalue weighted by Gasteiger charge is -2.19. The summed E-state index contributed by atoms with van der Waals surface area (Å²) in [7, 11) is 0. The van der Waals surface area contributed by atoms with Crippen molar-refractivity contribution in [2.24, 2.45) is 0 Å². The van der Waals surface area contributed by atoms with Crippen LogP contribution in [-0.4, -0.2) is 38.6 Å². The van der Waals surface area contributed by atoms with Gasteiger partial charge in [0.1, 0.15) is 6.61 Å². The van der Waals surface area contributed by atoms with Crippen molar-refractivity contribution in [3.05, 3.63) is 56.6 Å². The summed E-state index contributed by atoms with van der Waals surface area (Å²) in [6.45, 7) is 3.96. The van der Waals surface area contributed by atoms with E-state index in [0.29, 0.717) is 5.56 Å². The van der Waals surface area contributed by atoms with E-state index in [9.17, 15) is 39.5 Å². The van der Waals surface area contributed by atoms with Gasteiger partial charge in [-0.1, -0.05) is 20.8 Å². The van der Waals surface area contributed by atoms with E-state index in [0.717, 1.165) is 0 Å². The van der Waals surface area contributed by atoms with Crippen molar-refractivity contribution < 1.29 is 43.8 Å². The fraction of sp³-hybridized carbons (Fsp3) is 0.304. The fourth-order valence-corrected chi connectivity index (χ4v) is 3.02. The summed E-state index contributed by atoms with van der Waals surface area (Å²) in [5, 5.41) is 31.7. The molecule has 0 saturated carbocycles. The Labute approximate surface area is 194 Å². The topological polar surface area (TPSA) is 170 Å². The van der Waals surface area contributed by atoms with Crippen molar-refractivity contribution in [1.82, 2.24) is 0 Å². The number of phenolic OH excluding ortho intramolecular Hbond substituents is 2. The first-order chi connectivity index (χ1) is 16.1. The lowest BCUT2D eigenvalue weighted by Crippen LogP contribution is -2.20. The molecule has 0 radical (unpaired) electrons. The number of carbonyl (C=O) groups excluding carboxylic acids is 4. The van der Waals surface area contributed by atoms with E-state index < -0.39 is 62.4 Å². The molecule has 2 aromatic carbocycles. The summed E-state index contributed by atoms with van der Waals surface area (Å²) in [5.74, 6) is -6.37. The van der Waals surface area contributed by atoms with Gasteiger partial charge in [0, 0.05) is 31.4 Å². The molecule has 34 heavy (non-hydrogen) atoms. The molecular formula is C23H23NO10. The number of Topliss-reactive ketones (excluding diaryl/α,β-unsaturated/α-hetero) is 2. The number of nitro groups is 1. The van der Waals surface area contributed by atoms with Gasteiger partial charge in [0.05, 0.1) is 21.6 Å². The predicted molar refractivity (Wildman–Crippen MR) is 117 cm³/mol. The highest BCUT2D eigenvalue weighted by atomic mass is 16.6. The molecule has 0 aliphatic rings. The maximum atomic E-state index is 13.1. The Kier molecular flexibility index (Phi) is 8.43. The molecule has 2 aromatic rings. The van der Waals surface area contributed by atoms with Gasteiger partial charge in [0.25, 0.3) is 5.69 Å². The molecule has 2 rings (SSSR count). The van der Waals surface area contributed by atoms with Crippen molar-refractivity contribution in [3.8, 4) is 17.2 Å². The number of ether oxygens (including phenoxy) is 2.